The maximum atomic E-state index is 13.7. The van der Waals surface area contributed by atoms with Crippen LogP contribution in [0.15, 0.2) is 48.5 Å². The largest absolute Gasteiger partial charge is 0.461 e. The van der Waals surface area contributed by atoms with Crippen molar-refractivity contribution >= 4 is 88.9 Å². The van der Waals surface area contributed by atoms with Crippen molar-refractivity contribution in [3.05, 3.63) is 59.7 Å². The number of rotatable bonds is 12. The lowest BCUT2D eigenvalue weighted by Gasteiger charge is -2.52. The van der Waals surface area contributed by atoms with E-state index in [1.807, 2.05) is 0 Å². The molecular weight excluding hydrogens is 733 g/mol. The predicted octanol–water partition coefficient (Wildman–Crippen LogP) is 3.02. The van der Waals surface area contributed by atoms with Crippen molar-refractivity contribution < 1.29 is 57.2 Å². The summed E-state index contributed by atoms with van der Waals surface area (Å²) in [6.07, 6.45) is -1.05. The number of hydrogen-bond donors (Lipinski definition) is 2. The summed E-state index contributed by atoms with van der Waals surface area (Å²) in [5.74, 6) is -4.52. The van der Waals surface area contributed by atoms with Gasteiger partial charge in [-0.05, 0) is 30.7 Å². The topological polar surface area (TPSA) is 193 Å². The van der Waals surface area contributed by atoms with Gasteiger partial charge in [0.1, 0.15) is 31.2 Å². The van der Waals surface area contributed by atoms with Crippen molar-refractivity contribution in [3.63, 3.8) is 0 Å². The third kappa shape index (κ3) is 8.68. The van der Waals surface area contributed by atoms with Gasteiger partial charge in [0.2, 0.25) is 15.9 Å². The molecule has 4 rings (SSSR count). The van der Waals surface area contributed by atoms with Crippen LogP contribution in [0.3, 0.4) is 0 Å². The number of ether oxygens (including phenoxy) is 5. The van der Waals surface area contributed by atoms with Crippen LogP contribution in [0, 0.1) is 0 Å². The van der Waals surface area contributed by atoms with Crippen molar-refractivity contribution in [2.24, 2.45) is 0 Å². The molecule has 0 saturated carbocycles. The van der Waals surface area contributed by atoms with Gasteiger partial charge in [0, 0.05) is 13.8 Å². The first-order valence-electron chi connectivity index (χ1n) is 14.1. The Kier molecular flexibility index (Phi) is 11.6. The molecule has 4 unspecified atom stereocenters. The minimum Gasteiger partial charge on any atom is -0.461 e. The van der Waals surface area contributed by atoms with E-state index >= 15 is 0 Å². The van der Waals surface area contributed by atoms with Crippen LogP contribution in [0.25, 0.3) is 0 Å². The van der Waals surface area contributed by atoms with E-state index in [-0.39, 0.29) is 30.1 Å². The number of esters is 4. The van der Waals surface area contributed by atoms with Crippen molar-refractivity contribution in [3.8, 4) is 11.5 Å². The fourth-order valence-electron chi connectivity index (χ4n) is 4.98. The molecule has 3 amide bonds. The normalized spacial score (nSPS) is 22.5. The standard InChI is InChI=1S/C30H28Cl3N3O12S/c1-16(38)47-20-10-9-19(11-21(20)48-17(2)39)23(40)45-13-28(3)22(24(41)44-12-18-7-5-4-6-8-18)36-25(42)30(34-15-37,26(36)49-28)35-27(43)46-14-29(31,32)33/h4-11,15,22,26H,12-14H2,1-3H3,(H,34,37)(H,35,43). The van der Waals surface area contributed by atoms with Crippen LogP contribution < -0.4 is 20.1 Å². The quantitative estimate of drug-likeness (QED) is 0.0611. The summed E-state index contributed by atoms with van der Waals surface area (Å²) < 4.78 is 22.7. The van der Waals surface area contributed by atoms with Gasteiger partial charge in [-0.1, -0.05) is 65.1 Å². The maximum absolute atomic E-state index is 13.7. The first-order valence-corrected chi connectivity index (χ1v) is 16.1. The van der Waals surface area contributed by atoms with E-state index in [1.165, 1.54) is 19.1 Å². The van der Waals surface area contributed by atoms with Crippen LogP contribution in [0.5, 0.6) is 11.5 Å². The molecule has 0 aliphatic carbocycles. The van der Waals surface area contributed by atoms with E-state index in [0.29, 0.717) is 5.56 Å². The van der Waals surface area contributed by atoms with Crippen LogP contribution in [0.1, 0.15) is 36.7 Å². The average Bonchev–Trinajstić information content (AvgIpc) is 3.32. The maximum Gasteiger partial charge on any atom is 0.409 e. The van der Waals surface area contributed by atoms with Crippen molar-refractivity contribution in [2.75, 3.05) is 13.2 Å². The number of nitrogens with one attached hydrogen (secondary N) is 2. The lowest BCUT2D eigenvalue weighted by molar-refractivity contribution is -0.173. The van der Waals surface area contributed by atoms with Crippen LogP contribution in [-0.4, -0.2) is 86.0 Å². The number of hydrogen-bond acceptors (Lipinski definition) is 13. The van der Waals surface area contributed by atoms with Gasteiger partial charge in [0.25, 0.3) is 5.91 Å². The third-order valence-corrected chi connectivity index (χ3v) is 9.02. The highest BCUT2D eigenvalue weighted by Gasteiger charge is 2.74. The van der Waals surface area contributed by atoms with Gasteiger partial charge in [-0.15, -0.1) is 11.8 Å². The van der Waals surface area contributed by atoms with Gasteiger partial charge < -0.3 is 33.9 Å². The zero-order valence-corrected chi connectivity index (χ0v) is 28.9. The molecule has 2 fully saturated rings. The number of fused-ring (bicyclic) bond motifs is 1. The van der Waals surface area contributed by atoms with Gasteiger partial charge >= 0.3 is 30.0 Å². The summed E-state index contributed by atoms with van der Waals surface area (Å²) in [4.78, 5) is 89.1. The number of alkyl carbamates (subject to hydrolysis) is 1. The fraction of sp³-hybridized carbons (Fsp3) is 0.367. The van der Waals surface area contributed by atoms with Crippen molar-refractivity contribution in [1.29, 1.82) is 0 Å². The first-order chi connectivity index (χ1) is 23.0. The van der Waals surface area contributed by atoms with Crippen LogP contribution in [-0.2, 0) is 44.8 Å². The monoisotopic (exact) mass is 759 g/mol. The Bertz CT molecular complexity index is 1660. The number of halogens is 3. The highest BCUT2D eigenvalue weighted by Crippen LogP contribution is 2.54. The van der Waals surface area contributed by atoms with Gasteiger partial charge in [-0.3, -0.25) is 24.5 Å². The fourth-order valence-corrected chi connectivity index (χ4v) is 6.85. The predicted molar refractivity (Wildman–Crippen MR) is 173 cm³/mol. The van der Waals surface area contributed by atoms with Gasteiger partial charge in [-0.2, -0.15) is 0 Å². The summed E-state index contributed by atoms with van der Waals surface area (Å²) >= 11 is 17.9. The molecule has 19 heteroatoms. The summed E-state index contributed by atoms with van der Waals surface area (Å²) in [6, 6.07) is 10.9. The van der Waals surface area contributed by atoms with Crippen LogP contribution >= 0.6 is 46.6 Å². The molecular formula is C30H28Cl3N3O12S. The number of β-lactam (4-membered cyclic amide) rings is 1. The molecule has 0 radical (unpaired) electrons. The molecule has 2 heterocycles. The molecule has 2 N–H and O–H groups in total. The average molecular weight is 761 g/mol. The number of thioether (sulfide) groups is 1. The van der Waals surface area contributed by atoms with E-state index in [2.05, 4.69) is 10.6 Å². The SMILES string of the molecule is CC(=O)Oc1ccc(C(=O)OCC2(C)SC3N(C(=O)C3(NC=O)NC(=O)OCC(Cl)(Cl)Cl)C2C(=O)OCc2ccccc2)cc1OC(C)=O. The number of amides is 3. The molecule has 2 aromatic rings. The van der Waals surface area contributed by atoms with E-state index in [1.54, 1.807) is 30.3 Å². The lowest BCUT2D eigenvalue weighted by atomic mass is 9.91. The Morgan fingerprint density at radius 1 is 0.959 bits per heavy atom. The minimum atomic E-state index is -2.11. The number of alkyl halides is 3. The second kappa shape index (κ2) is 15.1. The molecule has 2 saturated heterocycles. The second-order valence-electron chi connectivity index (χ2n) is 10.8. The van der Waals surface area contributed by atoms with Crippen molar-refractivity contribution in [2.45, 2.75) is 53.0 Å². The zero-order valence-electron chi connectivity index (χ0n) is 25.9. The number of carbonyl (C=O) groups is 7. The Hall–Kier alpha value is -4.25. The number of benzene rings is 2. The Morgan fingerprint density at radius 2 is 1.61 bits per heavy atom. The summed E-state index contributed by atoms with van der Waals surface area (Å²) in [5.41, 5.74) is -1.57. The van der Waals surface area contributed by atoms with E-state index in [0.717, 1.165) is 36.6 Å². The molecule has 49 heavy (non-hydrogen) atoms. The number of carbonyl (C=O) groups excluding carboxylic acids is 7. The Labute approximate surface area is 298 Å². The number of nitrogens with zero attached hydrogens (tertiary/aromatic N) is 1. The summed E-state index contributed by atoms with van der Waals surface area (Å²) in [5, 5.41) is 3.44. The zero-order chi connectivity index (χ0) is 36.1. The van der Waals surface area contributed by atoms with Crippen molar-refractivity contribution in [1.82, 2.24) is 15.5 Å². The van der Waals surface area contributed by atoms with Gasteiger partial charge in [-0.25, -0.2) is 14.4 Å². The highest BCUT2D eigenvalue weighted by atomic mass is 35.6. The summed E-state index contributed by atoms with van der Waals surface area (Å²) in [6.45, 7) is 2.40. The Morgan fingerprint density at radius 3 is 2.22 bits per heavy atom. The van der Waals surface area contributed by atoms with E-state index < -0.39 is 74.7 Å². The molecule has 0 spiro atoms. The molecule has 15 nitrogen and oxygen atoms in total. The third-order valence-electron chi connectivity index (χ3n) is 7.01. The van der Waals surface area contributed by atoms with E-state index in [4.69, 9.17) is 58.5 Å². The lowest BCUT2D eigenvalue weighted by Crippen LogP contribution is -2.84. The molecule has 2 aliphatic heterocycles. The second-order valence-corrected chi connectivity index (χ2v) is 14.9. The molecule has 2 aromatic carbocycles. The molecule has 0 aromatic heterocycles. The highest BCUT2D eigenvalue weighted by molar-refractivity contribution is 8.01. The molecule has 262 valence electrons. The van der Waals surface area contributed by atoms with E-state index in [9.17, 15) is 33.6 Å². The smallest absolute Gasteiger partial charge is 0.409 e. The van der Waals surface area contributed by atoms with Gasteiger partial charge in [0.05, 0.1) is 10.3 Å². The Balaban J connectivity index is 1.61. The van der Waals surface area contributed by atoms with Crippen LogP contribution in [0.2, 0.25) is 0 Å². The van der Waals surface area contributed by atoms with Crippen LogP contribution in [0.4, 0.5) is 4.79 Å². The molecule has 2 aliphatic rings. The molecule has 0 bridgehead atoms. The first kappa shape index (κ1) is 37.6. The minimum absolute atomic E-state index is 0.114. The summed E-state index contributed by atoms with van der Waals surface area (Å²) in [7, 11) is 0. The molecule has 4 atom stereocenters. The van der Waals surface area contributed by atoms with Gasteiger partial charge in [0.15, 0.2) is 11.5 Å².